The van der Waals surface area contributed by atoms with Gasteiger partial charge in [-0.15, -0.1) is 0 Å². The van der Waals surface area contributed by atoms with Crippen molar-refractivity contribution in [1.29, 1.82) is 5.26 Å². The number of aliphatic hydroxyl groups is 1. The Kier molecular flexibility index (Phi) is 4.97. The van der Waals surface area contributed by atoms with E-state index in [9.17, 15) is 5.11 Å². The summed E-state index contributed by atoms with van der Waals surface area (Å²) in [5.74, 6) is 1.55. The first kappa shape index (κ1) is 15.3. The lowest BCUT2D eigenvalue weighted by molar-refractivity contribution is 0.0549. The van der Waals surface area contributed by atoms with Crippen molar-refractivity contribution in [3.8, 4) is 11.8 Å². The number of hydrogen-bond acceptors (Lipinski definition) is 4. The van der Waals surface area contributed by atoms with Crippen LogP contribution in [0.5, 0.6) is 5.75 Å². The Morgan fingerprint density at radius 3 is 2.77 bits per heavy atom. The van der Waals surface area contributed by atoms with Crippen molar-refractivity contribution >= 4 is 0 Å². The maximum Gasteiger partial charge on any atom is 0.119 e. The molecular formula is C18H24N2O2. The van der Waals surface area contributed by atoms with Crippen LogP contribution in [0.25, 0.3) is 0 Å². The summed E-state index contributed by atoms with van der Waals surface area (Å²) in [6.07, 6.45) is 6.17. The van der Waals surface area contributed by atoms with Crippen molar-refractivity contribution in [3.63, 3.8) is 0 Å². The molecular weight excluding hydrogens is 276 g/mol. The quantitative estimate of drug-likeness (QED) is 0.908. The molecule has 0 bridgehead atoms. The first-order valence-electron chi connectivity index (χ1n) is 8.31. The van der Waals surface area contributed by atoms with Crippen molar-refractivity contribution in [2.45, 2.75) is 44.2 Å². The van der Waals surface area contributed by atoms with Crippen molar-refractivity contribution in [3.05, 3.63) is 29.8 Å². The highest BCUT2D eigenvalue weighted by atomic mass is 16.5. The predicted octanol–water partition coefficient (Wildman–Crippen LogP) is 2.56. The molecule has 1 saturated heterocycles. The zero-order valence-corrected chi connectivity index (χ0v) is 12.9. The number of ether oxygens (including phenoxy) is 1. The fourth-order valence-electron chi connectivity index (χ4n) is 3.87. The number of nitriles is 1. The zero-order chi connectivity index (χ0) is 15.4. The number of benzene rings is 1. The highest BCUT2D eigenvalue weighted by Gasteiger charge is 2.36. The molecule has 1 saturated carbocycles. The van der Waals surface area contributed by atoms with E-state index < -0.39 is 6.10 Å². The van der Waals surface area contributed by atoms with Crippen LogP contribution in [-0.2, 0) is 0 Å². The normalized spacial score (nSPS) is 26.2. The van der Waals surface area contributed by atoms with E-state index in [0.29, 0.717) is 30.5 Å². The minimum absolute atomic E-state index is 0.305. The number of β-amino-alcohol motifs (C(OH)–C–C–N with tert-alkyl or cyclic N) is 1. The maximum absolute atomic E-state index is 10.2. The van der Waals surface area contributed by atoms with E-state index in [1.54, 1.807) is 24.3 Å². The molecule has 0 spiro atoms. The summed E-state index contributed by atoms with van der Waals surface area (Å²) in [5, 5.41) is 19.0. The molecule has 118 valence electrons. The Morgan fingerprint density at radius 2 is 2.00 bits per heavy atom. The van der Waals surface area contributed by atoms with Gasteiger partial charge in [-0.1, -0.05) is 12.8 Å². The van der Waals surface area contributed by atoms with Crippen LogP contribution in [0.15, 0.2) is 24.3 Å². The number of nitrogens with zero attached hydrogens (tertiary/aromatic N) is 2. The molecule has 3 unspecified atom stereocenters. The molecule has 1 N–H and O–H groups in total. The highest BCUT2D eigenvalue weighted by Crippen LogP contribution is 2.36. The monoisotopic (exact) mass is 300 g/mol. The number of aliphatic hydroxyl groups excluding tert-OH is 1. The predicted molar refractivity (Wildman–Crippen MR) is 84.6 cm³/mol. The molecule has 1 aliphatic heterocycles. The van der Waals surface area contributed by atoms with Gasteiger partial charge in [0.15, 0.2) is 0 Å². The standard InChI is InChI=1S/C18H24N2O2/c19-11-14-5-7-17(8-6-14)22-13-16(21)12-20-10-9-15-3-1-2-4-18(15)20/h5-8,15-16,18,21H,1-4,9-10,12-13H2. The average molecular weight is 300 g/mol. The maximum atomic E-state index is 10.2. The molecule has 3 atom stereocenters. The number of hydrogen-bond donors (Lipinski definition) is 1. The minimum Gasteiger partial charge on any atom is -0.491 e. The summed E-state index contributed by atoms with van der Waals surface area (Å²) in [6, 6.07) is 9.78. The Balaban J connectivity index is 1.46. The topological polar surface area (TPSA) is 56.5 Å². The highest BCUT2D eigenvalue weighted by molar-refractivity contribution is 5.34. The third-order valence-electron chi connectivity index (χ3n) is 5.00. The molecule has 2 aliphatic rings. The molecule has 2 fully saturated rings. The van der Waals surface area contributed by atoms with Crippen LogP contribution >= 0.6 is 0 Å². The molecule has 22 heavy (non-hydrogen) atoms. The molecule has 1 aromatic rings. The average Bonchev–Trinajstić information content (AvgIpc) is 2.97. The van der Waals surface area contributed by atoms with Crippen LogP contribution in [0, 0.1) is 17.2 Å². The molecule has 1 aromatic carbocycles. The first-order valence-corrected chi connectivity index (χ1v) is 8.31. The van der Waals surface area contributed by atoms with Crippen LogP contribution in [0.2, 0.25) is 0 Å². The van der Waals surface area contributed by atoms with E-state index in [1.165, 1.54) is 32.1 Å². The Bertz CT molecular complexity index is 523. The molecule has 0 amide bonds. The molecule has 4 heteroatoms. The Hall–Kier alpha value is -1.57. The molecule has 1 heterocycles. The summed E-state index contributed by atoms with van der Waals surface area (Å²) < 4.78 is 5.63. The van der Waals surface area contributed by atoms with Gasteiger partial charge in [0.25, 0.3) is 0 Å². The van der Waals surface area contributed by atoms with Gasteiger partial charge in [-0.25, -0.2) is 0 Å². The zero-order valence-electron chi connectivity index (χ0n) is 12.9. The van der Waals surface area contributed by atoms with Crippen LogP contribution in [0.4, 0.5) is 0 Å². The third kappa shape index (κ3) is 3.60. The van der Waals surface area contributed by atoms with Crippen molar-refractivity contribution in [2.75, 3.05) is 19.7 Å². The van der Waals surface area contributed by atoms with E-state index in [2.05, 4.69) is 11.0 Å². The first-order chi connectivity index (χ1) is 10.8. The van der Waals surface area contributed by atoms with E-state index in [0.717, 1.165) is 12.5 Å². The summed E-state index contributed by atoms with van der Waals surface area (Å²) in [5.41, 5.74) is 0.619. The largest absolute Gasteiger partial charge is 0.491 e. The third-order valence-corrected chi connectivity index (χ3v) is 5.00. The van der Waals surface area contributed by atoms with Crippen molar-refractivity contribution in [1.82, 2.24) is 4.90 Å². The summed E-state index contributed by atoms with van der Waals surface area (Å²) in [6.45, 7) is 2.13. The number of rotatable bonds is 5. The summed E-state index contributed by atoms with van der Waals surface area (Å²) in [4.78, 5) is 2.45. The van der Waals surface area contributed by atoms with Crippen molar-refractivity contribution in [2.24, 2.45) is 5.92 Å². The van der Waals surface area contributed by atoms with E-state index in [1.807, 2.05) is 0 Å². The molecule has 3 rings (SSSR count). The molecule has 0 radical (unpaired) electrons. The molecule has 4 nitrogen and oxygen atoms in total. The summed E-state index contributed by atoms with van der Waals surface area (Å²) >= 11 is 0. The van der Waals surface area contributed by atoms with Gasteiger partial charge in [-0.3, -0.25) is 4.90 Å². The van der Waals surface area contributed by atoms with Gasteiger partial charge in [0.2, 0.25) is 0 Å². The summed E-state index contributed by atoms with van der Waals surface area (Å²) in [7, 11) is 0. The lowest BCUT2D eigenvalue weighted by atomic mass is 9.85. The van der Waals surface area contributed by atoms with Crippen molar-refractivity contribution < 1.29 is 9.84 Å². The van der Waals surface area contributed by atoms with Crippen LogP contribution < -0.4 is 4.74 Å². The van der Waals surface area contributed by atoms with Crippen LogP contribution in [0.3, 0.4) is 0 Å². The molecule has 0 aromatic heterocycles. The van der Waals surface area contributed by atoms with E-state index >= 15 is 0 Å². The van der Waals surface area contributed by atoms with Gasteiger partial charge in [0, 0.05) is 12.6 Å². The van der Waals surface area contributed by atoms with Crippen LogP contribution in [-0.4, -0.2) is 41.8 Å². The number of likely N-dealkylation sites (tertiary alicyclic amines) is 1. The Labute approximate surface area is 132 Å². The van der Waals surface area contributed by atoms with Gasteiger partial charge >= 0.3 is 0 Å². The van der Waals surface area contributed by atoms with Gasteiger partial charge < -0.3 is 9.84 Å². The van der Waals surface area contributed by atoms with E-state index in [-0.39, 0.29) is 0 Å². The van der Waals surface area contributed by atoms with Gasteiger partial charge in [0.1, 0.15) is 18.5 Å². The van der Waals surface area contributed by atoms with Gasteiger partial charge in [-0.05, 0) is 56.0 Å². The van der Waals surface area contributed by atoms with E-state index in [4.69, 9.17) is 10.00 Å². The van der Waals surface area contributed by atoms with Gasteiger partial charge in [0.05, 0.1) is 11.6 Å². The SMILES string of the molecule is N#Cc1ccc(OCC(O)CN2CCC3CCCCC32)cc1. The van der Waals surface area contributed by atoms with Crippen LogP contribution in [0.1, 0.15) is 37.7 Å². The lowest BCUT2D eigenvalue weighted by Crippen LogP contribution is -2.41. The van der Waals surface area contributed by atoms with Gasteiger partial charge in [-0.2, -0.15) is 5.26 Å². The Morgan fingerprint density at radius 1 is 1.23 bits per heavy atom. The second kappa shape index (κ2) is 7.13. The second-order valence-corrected chi connectivity index (χ2v) is 6.50. The fraction of sp³-hybridized carbons (Fsp3) is 0.611. The number of fused-ring (bicyclic) bond motifs is 1. The molecule has 1 aliphatic carbocycles. The lowest BCUT2D eigenvalue weighted by Gasteiger charge is -2.32. The minimum atomic E-state index is -0.462. The second-order valence-electron chi connectivity index (χ2n) is 6.50. The fourth-order valence-corrected chi connectivity index (χ4v) is 3.87. The smallest absolute Gasteiger partial charge is 0.119 e.